The largest absolute Gasteiger partial charge is 0.507 e. The zero-order valence-corrected chi connectivity index (χ0v) is 10.9. The van der Waals surface area contributed by atoms with Crippen LogP contribution in [0.2, 0.25) is 0 Å². The second kappa shape index (κ2) is 6.68. The van der Waals surface area contributed by atoms with E-state index in [-0.39, 0.29) is 5.75 Å². The Morgan fingerprint density at radius 1 is 1.16 bits per heavy atom. The third-order valence-corrected chi connectivity index (χ3v) is 2.72. The van der Waals surface area contributed by atoms with E-state index in [1.54, 1.807) is 12.1 Å². The number of hydrogen-bond acceptors (Lipinski definition) is 5. The molecule has 1 aromatic carbocycles. The van der Waals surface area contributed by atoms with Crippen LogP contribution < -0.4 is 4.74 Å². The van der Waals surface area contributed by atoms with Gasteiger partial charge >= 0.3 is 0 Å². The summed E-state index contributed by atoms with van der Waals surface area (Å²) in [5.74, 6) is 1.22. The van der Waals surface area contributed by atoms with Crippen LogP contribution in [0.4, 0.5) is 0 Å². The minimum atomic E-state index is 0.110. The van der Waals surface area contributed by atoms with Crippen molar-refractivity contribution in [3.63, 3.8) is 0 Å². The molecule has 0 fully saturated rings. The fraction of sp³-hybridized carbons (Fsp3) is 0.357. The van der Waals surface area contributed by atoms with Crippen LogP contribution in [-0.4, -0.2) is 26.7 Å². The number of aromatic nitrogens is 3. The molecule has 5 nitrogen and oxygen atoms in total. The van der Waals surface area contributed by atoms with Gasteiger partial charge in [0.05, 0.1) is 12.2 Å². The Morgan fingerprint density at radius 3 is 2.63 bits per heavy atom. The normalized spacial score (nSPS) is 10.4. The van der Waals surface area contributed by atoms with E-state index < -0.39 is 0 Å². The maximum Gasteiger partial charge on any atom is 0.166 e. The van der Waals surface area contributed by atoms with Crippen LogP contribution in [0.3, 0.4) is 0 Å². The second-order valence-electron chi connectivity index (χ2n) is 4.20. The lowest BCUT2D eigenvalue weighted by Crippen LogP contribution is -1.97. The molecule has 2 aromatic rings. The van der Waals surface area contributed by atoms with Crippen molar-refractivity contribution in [3.8, 4) is 22.9 Å². The minimum Gasteiger partial charge on any atom is -0.507 e. The first kappa shape index (κ1) is 13.3. The van der Waals surface area contributed by atoms with Crippen molar-refractivity contribution < 1.29 is 9.84 Å². The Labute approximate surface area is 112 Å². The molecule has 0 bridgehead atoms. The molecular weight excluding hydrogens is 242 g/mol. The number of aromatic hydroxyl groups is 1. The van der Waals surface area contributed by atoms with Crippen LogP contribution in [0.25, 0.3) is 11.4 Å². The maximum atomic E-state index is 9.97. The highest BCUT2D eigenvalue weighted by molar-refractivity contribution is 5.64. The highest BCUT2D eigenvalue weighted by Gasteiger charge is 2.08. The van der Waals surface area contributed by atoms with Crippen molar-refractivity contribution in [3.05, 3.63) is 30.9 Å². The molecule has 0 radical (unpaired) electrons. The highest BCUT2D eigenvalue weighted by Crippen LogP contribution is 2.29. The molecule has 1 aromatic heterocycles. The van der Waals surface area contributed by atoms with Gasteiger partial charge in [0, 0.05) is 6.07 Å². The molecule has 2 rings (SSSR count). The summed E-state index contributed by atoms with van der Waals surface area (Å²) < 4.78 is 5.57. The molecule has 0 aliphatic heterocycles. The number of nitrogens with zero attached hydrogens (tertiary/aromatic N) is 3. The average Bonchev–Trinajstić information content (AvgIpc) is 2.45. The molecule has 0 spiro atoms. The van der Waals surface area contributed by atoms with Crippen LogP contribution in [0, 0.1) is 0 Å². The van der Waals surface area contributed by atoms with E-state index in [2.05, 4.69) is 21.9 Å². The van der Waals surface area contributed by atoms with Crippen molar-refractivity contribution in [1.82, 2.24) is 15.0 Å². The first-order valence-corrected chi connectivity index (χ1v) is 6.39. The summed E-state index contributed by atoms with van der Waals surface area (Å²) in [6, 6.07) is 5.15. The lowest BCUT2D eigenvalue weighted by Gasteiger charge is -2.08. The summed E-state index contributed by atoms with van der Waals surface area (Å²) in [6.07, 6.45) is 6.13. The number of unbranched alkanes of at least 4 members (excludes halogenated alkanes) is 2. The molecule has 5 heteroatoms. The lowest BCUT2D eigenvalue weighted by molar-refractivity contribution is 0.304. The van der Waals surface area contributed by atoms with Gasteiger partial charge in [0.2, 0.25) is 0 Å². The first-order valence-electron chi connectivity index (χ1n) is 6.39. The van der Waals surface area contributed by atoms with Crippen LogP contribution in [0.15, 0.2) is 30.9 Å². The number of hydrogen-bond donors (Lipinski definition) is 1. The summed E-state index contributed by atoms with van der Waals surface area (Å²) in [5.41, 5.74) is 0.573. The van der Waals surface area contributed by atoms with E-state index in [4.69, 9.17) is 4.74 Å². The maximum absolute atomic E-state index is 9.97. The monoisotopic (exact) mass is 259 g/mol. The van der Waals surface area contributed by atoms with E-state index in [9.17, 15) is 5.11 Å². The molecule has 0 saturated carbocycles. The van der Waals surface area contributed by atoms with Crippen LogP contribution in [0.5, 0.6) is 11.5 Å². The summed E-state index contributed by atoms with van der Waals surface area (Å²) >= 11 is 0. The molecule has 0 aliphatic carbocycles. The van der Waals surface area contributed by atoms with Crippen molar-refractivity contribution in [2.24, 2.45) is 0 Å². The molecule has 0 saturated heterocycles. The molecular formula is C14H17N3O2. The van der Waals surface area contributed by atoms with Gasteiger partial charge in [-0.2, -0.15) is 0 Å². The topological polar surface area (TPSA) is 68.1 Å². The third kappa shape index (κ3) is 3.64. The SMILES string of the molecule is CCCCCOc1ccc(-c2ncncn2)c(O)c1. The van der Waals surface area contributed by atoms with Crippen LogP contribution >= 0.6 is 0 Å². The quantitative estimate of drug-likeness (QED) is 0.808. The molecule has 1 N–H and O–H groups in total. The standard InChI is InChI=1S/C14H17N3O2/c1-2-3-4-7-19-11-5-6-12(13(18)8-11)14-16-9-15-10-17-14/h5-6,8-10,18H,2-4,7H2,1H3. The lowest BCUT2D eigenvalue weighted by atomic mass is 10.2. The minimum absolute atomic E-state index is 0.110. The Hall–Kier alpha value is -2.17. The Bertz CT molecular complexity index is 517. The Morgan fingerprint density at radius 2 is 1.95 bits per heavy atom. The van der Waals surface area contributed by atoms with Crippen molar-refractivity contribution in [2.75, 3.05) is 6.61 Å². The molecule has 0 aliphatic rings. The Kier molecular flexibility index (Phi) is 4.66. The molecule has 0 amide bonds. The van der Waals surface area contributed by atoms with Crippen molar-refractivity contribution in [2.45, 2.75) is 26.2 Å². The summed E-state index contributed by atoms with van der Waals surface area (Å²) in [4.78, 5) is 11.8. The predicted molar refractivity (Wildman–Crippen MR) is 71.9 cm³/mol. The number of phenols is 1. The van der Waals surface area contributed by atoms with Gasteiger partial charge in [-0.05, 0) is 18.6 Å². The molecule has 19 heavy (non-hydrogen) atoms. The zero-order valence-electron chi connectivity index (χ0n) is 10.9. The Balaban J connectivity index is 2.05. The highest BCUT2D eigenvalue weighted by atomic mass is 16.5. The van der Waals surface area contributed by atoms with Gasteiger partial charge in [0.1, 0.15) is 24.2 Å². The van der Waals surface area contributed by atoms with E-state index in [0.717, 1.165) is 19.3 Å². The van der Waals surface area contributed by atoms with E-state index in [1.165, 1.54) is 12.7 Å². The van der Waals surface area contributed by atoms with Gasteiger partial charge in [-0.15, -0.1) is 0 Å². The summed E-state index contributed by atoms with van der Waals surface area (Å²) in [5, 5.41) is 9.97. The third-order valence-electron chi connectivity index (χ3n) is 2.72. The smallest absolute Gasteiger partial charge is 0.166 e. The number of ether oxygens (including phenoxy) is 1. The fourth-order valence-corrected chi connectivity index (χ4v) is 1.71. The predicted octanol–water partition coefficient (Wildman–Crippen LogP) is 2.81. The van der Waals surface area contributed by atoms with E-state index >= 15 is 0 Å². The van der Waals surface area contributed by atoms with Crippen molar-refractivity contribution >= 4 is 0 Å². The first-order chi connectivity index (χ1) is 9.31. The van der Waals surface area contributed by atoms with E-state index in [1.807, 2.05) is 6.07 Å². The van der Waals surface area contributed by atoms with E-state index in [0.29, 0.717) is 23.7 Å². The summed E-state index contributed by atoms with van der Waals surface area (Å²) in [7, 11) is 0. The van der Waals surface area contributed by atoms with Gasteiger partial charge in [0.15, 0.2) is 5.82 Å². The molecule has 0 atom stereocenters. The molecule has 1 heterocycles. The average molecular weight is 259 g/mol. The number of rotatable bonds is 6. The molecule has 100 valence electrons. The fourth-order valence-electron chi connectivity index (χ4n) is 1.71. The summed E-state index contributed by atoms with van der Waals surface area (Å²) in [6.45, 7) is 2.81. The van der Waals surface area contributed by atoms with Crippen LogP contribution in [-0.2, 0) is 0 Å². The van der Waals surface area contributed by atoms with Crippen molar-refractivity contribution in [1.29, 1.82) is 0 Å². The van der Waals surface area contributed by atoms with Crippen LogP contribution in [0.1, 0.15) is 26.2 Å². The molecule has 0 unspecified atom stereocenters. The van der Waals surface area contributed by atoms with Gasteiger partial charge < -0.3 is 9.84 Å². The van der Waals surface area contributed by atoms with Gasteiger partial charge in [-0.1, -0.05) is 19.8 Å². The van der Waals surface area contributed by atoms with Gasteiger partial charge in [-0.3, -0.25) is 0 Å². The zero-order chi connectivity index (χ0) is 13.5. The van der Waals surface area contributed by atoms with Gasteiger partial charge in [-0.25, -0.2) is 15.0 Å². The van der Waals surface area contributed by atoms with Gasteiger partial charge in [0.25, 0.3) is 0 Å². The number of phenolic OH excluding ortho intramolecular Hbond substituents is 1. The number of benzene rings is 1. The second-order valence-corrected chi connectivity index (χ2v) is 4.20.